The zero-order valence-electron chi connectivity index (χ0n) is 27.1. The van der Waals surface area contributed by atoms with Gasteiger partial charge >= 0.3 is 5.97 Å². The molecule has 246 valence electrons. The highest BCUT2D eigenvalue weighted by Crippen LogP contribution is 2.29. The molecule has 6 aromatic rings. The number of aromatic nitrogens is 6. The zero-order valence-corrected chi connectivity index (χ0v) is 27.9. The molecule has 4 aromatic heterocycles. The smallest absolute Gasteiger partial charge is 0.356 e. The third-order valence-corrected chi connectivity index (χ3v) is 8.82. The molecule has 0 bridgehead atoms. The predicted octanol–water partition coefficient (Wildman–Crippen LogP) is 5.40. The fourth-order valence-electron chi connectivity index (χ4n) is 5.88. The molecule has 2 aromatic carbocycles. The number of pyridine rings is 2. The molecule has 11 nitrogen and oxygen atoms in total. The van der Waals surface area contributed by atoms with Crippen molar-refractivity contribution in [1.82, 2.24) is 29.1 Å². The van der Waals surface area contributed by atoms with Gasteiger partial charge in [-0.1, -0.05) is 35.7 Å². The highest BCUT2D eigenvalue weighted by Gasteiger charge is 2.26. The van der Waals surface area contributed by atoms with Gasteiger partial charge in [-0.15, -0.1) is 12.8 Å². The van der Waals surface area contributed by atoms with Crippen LogP contribution >= 0.6 is 11.8 Å². The Hall–Kier alpha value is -6.89. The molecule has 0 saturated carbocycles. The van der Waals surface area contributed by atoms with Gasteiger partial charge in [-0.25, -0.2) is 14.8 Å². The van der Waals surface area contributed by atoms with E-state index in [9.17, 15) is 14.7 Å². The van der Waals surface area contributed by atoms with Gasteiger partial charge in [0.25, 0.3) is 0 Å². The SMILES string of the molecule is C#Cc1ccc2c(c1)C(c1ccccn1)=NCc1c(C(=O)O)ncn1-2.C#Cc1ccc2c(c1)C(c1ccccn1)=NCc1c(C(=O)SC)ncn1-2. The molecular formula is C39H26N8O3S. The minimum absolute atomic E-state index is 0.00185. The fourth-order valence-corrected chi connectivity index (χ4v) is 6.25. The molecule has 0 amide bonds. The Kier molecular flexibility index (Phi) is 8.91. The van der Waals surface area contributed by atoms with Crippen LogP contribution in [0.15, 0.2) is 108 Å². The number of hydrogen-bond donors (Lipinski definition) is 1. The van der Waals surface area contributed by atoms with Gasteiger partial charge in [-0.2, -0.15) is 0 Å². The van der Waals surface area contributed by atoms with E-state index in [0.29, 0.717) is 34.9 Å². The van der Waals surface area contributed by atoms with Crippen LogP contribution in [0.25, 0.3) is 11.4 Å². The zero-order chi connectivity index (χ0) is 35.5. The van der Waals surface area contributed by atoms with Gasteiger partial charge < -0.3 is 5.11 Å². The van der Waals surface area contributed by atoms with E-state index < -0.39 is 5.97 Å². The molecular weight excluding hydrogens is 661 g/mol. The van der Waals surface area contributed by atoms with E-state index in [1.807, 2.05) is 77.4 Å². The average molecular weight is 687 g/mol. The van der Waals surface area contributed by atoms with Gasteiger partial charge in [0.2, 0.25) is 5.12 Å². The Morgan fingerprint density at radius 3 is 1.63 bits per heavy atom. The lowest BCUT2D eigenvalue weighted by Gasteiger charge is -2.11. The molecule has 1 N–H and O–H groups in total. The molecule has 0 unspecified atom stereocenters. The fraction of sp³-hybridized carbons (Fsp3) is 0.0769. The second-order valence-electron chi connectivity index (χ2n) is 11.1. The van der Waals surface area contributed by atoms with Crippen molar-refractivity contribution in [1.29, 1.82) is 0 Å². The Balaban J connectivity index is 0.000000159. The van der Waals surface area contributed by atoms with Gasteiger partial charge in [-0.05, 0) is 66.9 Å². The monoisotopic (exact) mass is 686 g/mol. The Labute approximate surface area is 296 Å². The van der Waals surface area contributed by atoms with E-state index in [-0.39, 0.29) is 17.4 Å². The van der Waals surface area contributed by atoms with Crippen molar-refractivity contribution in [2.75, 3.05) is 6.26 Å². The van der Waals surface area contributed by atoms with Gasteiger partial charge in [0.15, 0.2) is 5.69 Å². The summed E-state index contributed by atoms with van der Waals surface area (Å²) >= 11 is 1.14. The van der Waals surface area contributed by atoms with Crippen LogP contribution in [0.1, 0.15) is 66.0 Å². The molecule has 8 rings (SSSR count). The maximum absolute atomic E-state index is 12.2. The molecule has 0 spiro atoms. The van der Waals surface area contributed by atoms with Crippen molar-refractivity contribution >= 4 is 34.3 Å². The number of aromatic carboxylic acids is 1. The van der Waals surface area contributed by atoms with Gasteiger partial charge in [-0.3, -0.25) is 33.9 Å². The van der Waals surface area contributed by atoms with E-state index in [4.69, 9.17) is 17.8 Å². The number of carbonyl (C=O) groups is 2. The second-order valence-corrected chi connectivity index (χ2v) is 11.9. The topological polar surface area (TPSA) is 141 Å². The van der Waals surface area contributed by atoms with E-state index in [1.54, 1.807) is 29.5 Å². The van der Waals surface area contributed by atoms with E-state index in [0.717, 1.165) is 56.9 Å². The first-order valence-corrected chi connectivity index (χ1v) is 16.7. The van der Waals surface area contributed by atoms with E-state index >= 15 is 0 Å². The van der Waals surface area contributed by atoms with Crippen LogP contribution < -0.4 is 0 Å². The van der Waals surface area contributed by atoms with Crippen molar-refractivity contribution in [3.63, 3.8) is 0 Å². The number of rotatable bonds is 4. The number of terminal acetylenes is 2. The average Bonchev–Trinajstić information content (AvgIpc) is 3.72. The molecule has 6 heterocycles. The molecule has 0 fully saturated rings. The van der Waals surface area contributed by atoms with Crippen molar-refractivity contribution in [2.24, 2.45) is 9.98 Å². The first-order chi connectivity index (χ1) is 24.9. The maximum atomic E-state index is 12.2. The van der Waals surface area contributed by atoms with Crippen LogP contribution in [0, 0.1) is 24.7 Å². The third kappa shape index (κ3) is 6.12. The summed E-state index contributed by atoms with van der Waals surface area (Å²) in [5, 5.41) is 9.30. The number of benzene rings is 2. The first-order valence-electron chi connectivity index (χ1n) is 15.5. The number of carboxylic acid groups (broad SMARTS) is 1. The summed E-state index contributed by atoms with van der Waals surface area (Å²) in [6.45, 7) is 0.529. The molecule has 2 aliphatic rings. The van der Waals surface area contributed by atoms with Crippen molar-refractivity contribution in [3.8, 4) is 36.1 Å². The minimum Gasteiger partial charge on any atom is -0.476 e. The molecule has 0 radical (unpaired) electrons. The van der Waals surface area contributed by atoms with Crippen LogP contribution in [-0.2, 0) is 13.1 Å². The van der Waals surface area contributed by atoms with E-state index in [2.05, 4.69) is 36.8 Å². The normalized spacial score (nSPS) is 12.4. The van der Waals surface area contributed by atoms with Crippen molar-refractivity contribution in [3.05, 3.63) is 154 Å². The largest absolute Gasteiger partial charge is 0.476 e. The number of aliphatic imine (C=N–C) groups is 2. The van der Waals surface area contributed by atoms with Gasteiger partial charge in [0.05, 0.1) is 58.7 Å². The van der Waals surface area contributed by atoms with Crippen molar-refractivity contribution in [2.45, 2.75) is 13.1 Å². The van der Waals surface area contributed by atoms with Crippen molar-refractivity contribution < 1.29 is 14.7 Å². The summed E-state index contributed by atoms with van der Waals surface area (Å²) in [6.07, 6.45) is 19.5. The van der Waals surface area contributed by atoms with Crippen LogP contribution in [0.2, 0.25) is 0 Å². The summed E-state index contributed by atoms with van der Waals surface area (Å²) in [5.41, 5.74) is 9.42. The number of imidazole rings is 2. The highest BCUT2D eigenvalue weighted by molar-refractivity contribution is 8.13. The summed E-state index contributed by atoms with van der Waals surface area (Å²) in [5.74, 6) is 4.21. The second kappa shape index (κ2) is 13.9. The minimum atomic E-state index is -1.08. The number of hydrogen-bond acceptors (Lipinski definition) is 9. The Morgan fingerprint density at radius 1 is 0.706 bits per heavy atom. The number of fused-ring (bicyclic) bond motifs is 6. The number of carbonyl (C=O) groups excluding carboxylic acids is 1. The van der Waals surface area contributed by atoms with Crippen LogP contribution in [-0.4, -0.2) is 62.9 Å². The number of nitrogens with zero attached hydrogens (tertiary/aromatic N) is 8. The highest BCUT2D eigenvalue weighted by atomic mass is 32.2. The lowest BCUT2D eigenvalue weighted by Crippen LogP contribution is -2.09. The maximum Gasteiger partial charge on any atom is 0.356 e. The molecule has 0 saturated heterocycles. The summed E-state index contributed by atoms with van der Waals surface area (Å²) in [4.78, 5) is 50.2. The van der Waals surface area contributed by atoms with Gasteiger partial charge in [0.1, 0.15) is 18.3 Å². The lowest BCUT2D eigenvalue weighted by molar-refractivity contribution is 0.0689. The predicted molar refractivity (Wildman–Crippen MR) is 195 cm³/mol. The molecule has 12 heteroatoms. The number of thioether (sulfide) groups is 1. The van der Waals surface area contributed by atoms with Crippen LogP contribution in [0.5, 0.6) is 0 Å². The summed E-state index contributed by atoms with van der Waals surface area (Å²) in [6, 6.07) is 22.5. The van der Waals surface area contributed by atoms with Crippen LogP contribution in [0.4, 0.5) is 0 Å². The summed E-state index contributed by atoms with van der Waals surface area (Å²) in [7, 11) is 0. The lowest BCUT2D eigenvalue weighted by atomic mass is 10.0. The van der Waals surface area contributed by atoms with Crippen LogP contribution in [0.3, 0.4) is 0 Å². The standard InChI is InChI=1S/C20H14N4OS.C19H12N4O2/c1-3-13-7-8-16-14(10-13)18(15-6-4-5-9-21-15)22-11-17-19(20(25)26-2)23-12-24(16)17;1-2-12-6-7-15-13(9-12)17(14-5-3-4-8-20-14)21-10-16-18(19(24)25)22-11-23(15)16/h1,4-10,12H,11H2,2H3;1,3-9,11H,10H2,(H,24,25). The van der Waals surface area contributed by atoms with Gasteiger partial charge in [0, 0.05) is 34.6 Å². The molecule has 0 aliphatic carbocycles. The molecule has 2 aliphatic heterocycles. The quantitative estimate of drug-likeness (QED) is 0.243. The summed E-state index contributed by atoms with van der Waals surface area (Å²) < 4.78 is 3.66. The third-order valence-electron chi connectivity index (χ3n) is 8.26. The van der Waals surface area contributed by atoms with E-state index in [1.165, 1.54) is 6.33 Å². The Bertz CT molecular complexity index is 2490. The Morgan fingerprint density at radius 2 is 1.20 bits per heavy atom. The number of carboxylic acids is 1. The first kappa shape index (κ1) is 32.6. The molecule has 0 atom stereocenters. The molecule has 51 heavy (non-hydrogen) atoms.